The van der Waals surface area contributed by atoms with Crippen molar-refractivity contribution in [2.75, 3.05) is 7.11 Å². The van der Waals surface area contributed by atoms with Gasteiger partial charge in [0.05, 0.1) is 17.6 Å². The number of nitro groups is 1. The molecule has 0 saturated carbocycles. The van der Waals surface area contributed by atoms with Gasteiger partial charge in [-0.3, -0.25) is 10.1 Å². The quantitative estimate of drug-likeness (QED) is 0.541. The lowest BCUT2D eigenvalue weighted by atomic mass is 10.2. The molecule has 6 nitrogen and oxygen atoms in total. The fraction of sp³-hybridized carbons (Fsp3) is 0.0667. The molecule has 2 aromatic carbocycles. The largest absolute Gasteiger partial charge is 0.496 e. The maximum atomic E-state index is 10.9. The lowest BCUT2D eigenvalue weighted by Gasteiger charge is -2.04. The van der Waals surface area contributed by atoms with E-state index in [2.05, 4.69) is 10.2 Å². The van der Waals surface area contributed by atoms with Gasteiger partial charge in [-0.15, -0.1) is 10.2 Å². The summed E-state index contributed by atoms with van der Waals surface area (Å²) in [6.07, 6.45) is 0. The number of benzene rings is 2. The third-order valence-corrected chi connectivity index (χ3v) is 4.08. The average Bonchev–Trinajstić information content (AvgIpc) is 3.05. The van der Waals surface area contributed by atoms with Crippen LogP contribution in [0, 0.1) is 10.1 Å². The Hall–Kier alpha value is -2.80. The van der Waals surface area contributed by atoms with Crippen LogP contribution in [-0.4, -0.2) is 22.2 Å². The molecule has 0 saturated heterocycles. The molecular weight excluding hydrogens is 302 g/mol. The fourth-order valence-electron chi connectivity index (χ4n) is 2.01. The second-order valence-corrected chi connectivity index (χ2v) is 5.40. The fourth-order valence-corrected chi connectivity index (χ4v) is 2.88. The summed E-state index contributed by atoms with van der Waals surface area (Å²) in [5.41, 5.74) is 1.51. The molecule has 0 spiro atoms. The van der Waals surface area contributed by atoms with Crippen molar-refractivity contribution in [1.29, 1.82) is 0 Å². The summed E-state index contributed by atoms with van der Waals surface area (Å²) >= 11 is 1.36. The minimum Gasteiger partial charge on any atom is -0.496 e. The van der Waals surface area contributed by atoms with E-state index >= 15 is 0 Å². The van der Waals surface area contributed by atoms with Crippen molar-refractivity contribution in [3.8, 4) is 26.9 Å². The summed E-state index contributed by atoms with van der Waals surface area (Å²) in [7, 11) is 1.52. The number of hydrogen-bond acceptors (Lipinski definition) is 6. The van der Waals surface area contributed by atoms with Gasteiger partial charge < -0.3 is 4.74 Å². The molecule has 0 aliphatic heterocycles. The maximum Gasteiger partial charge on any atom is 0.270 e. The van der Waals surface area contributed by atoms with Crippen LogP contribution in [-0.2, 0) is 0 Å². The molecule has 1 aromatic heterocycles. The molecule has 3 rings (SSSR count). The van der Waals surface area contributed by atoms with Crippen LogP contribution in [0.15, 0.2) is 48.5 Å². The van der Waals surface area contributed by atoms with Crippen LogP contribution in [0.25, 0.3) is 21.1 Å². The lowest BCUT2D eigenvalue weighted by molar-refractivity contribution is -0.384. The number of rotatable bonds is 4. The second kappa shape index (κ2) is 5.90. The first kappa shape index (κ1) is 14.2. The van der Waals surface area contributed by atoms with Crippen molar-refractivity contribution >= 4 is 17.0 Å². The van der Waals surface area contributed by atoms with Crippen LogP contribution in [0.3, 0.4) is 0 Å². The molecule has 0 N–H and O–H groups in total. The minimum atomic E-state index is -0.442. The first-order valence-electron chi connectivity index (χ1n) is 6.41. The number of aromatic nitrogens is 2. The molecular formula is C15H11N3O3S. The molecule has 0 bridgehead atoms. The third-order valence-electron chi connectivity index (χ3n) is 3.07. The van der Waals surface area contributed by atoms with E-state index in [0.29, 0.717) is 16.3 Å². The Morgan fingerprint density at radius 1 is 1.09 bits per heavy atom. The van der Waals surface area contributed by atoms with Crippen molar-refractivity contribution in [2.24, 2.45) is 0 Å². The maximum absolute atomic E-state index is 10.9. The summed E-state index contributed by atoms with van der Waals surface area (Å²) in [5, 5.41) is 20.6. The van der Waals surface area contributed by atoms with Crippen molar-refractivity contribution in [3.63, 3.8) is 0 Å². The van der Waals surface area contributed by atoms with Gasteiger partial charge in [-0.05, 0) is 6.07 Å². The Bertz CT molecular complexity index is 818. The number of methoxy groups -OCH3 is 1. The standard InChI is InChI=1S/C15H11N3O3S/c1-21-13-8-7-11(18(19)20)9-12(13)15-17-16-14(22-15)10-5-3-2-4-6-10/h2-9H,1H3. The Morgan fingerprint density at radius 2 is 1.82 bits per heavy atom. The zero-order chi connectivity index (χ0) is 15.5. The first-order valence-corrected chi connectivity index (χ1v) is 7.22. The third kappa shape index (κ3) is 2.66. The van der Waals surface area contributed by atoms with Crippen molar-refractivity contribution < 1.29 is 9.66 Å². The van der Waals surface area contributed by atoms with E-state index in [1.807, 2.05) is 30.3 Å². The molecule has 3 aromatic rings. The number of ether oxygens (including phenoxy) is 1. The normalized spacial score (nSPS) is 10.4. The lowest BCUT2D eigenvalue weighted by Crippen LogP contribution is -1.92. The topological polar surface area (TPSA) is 78.2 Å². The Kier molecular flexibility index (Phi) is 3.80. The van der Waals surface area contributed by atoms with E-state index in [-0.39, 0.29) is 5.69 Å². The Labute approximate surface area is 130 Å². The number of nitro benzene ring substituents is 1. The zero-order valence-corrected chi connectivity index (χ0v) is 12.4. The number of hydrogen-bond donors (Lipinski definition) is 0. The summed E-state index contributed by atoms with van der Waals surface area (Å²) in [6, 6.07) is 14.1. The van der Waals surface area contributed by atoms with E-state index in [1.165, 1.54) is 30.6 Å². The predicted octanol–water partition coefficient (Wildman–Crippen LogP) is 3.79. The van der Waals surface area contributed by atoms with E-state index in [1.54, 1.807) is 6.07 Å². The van der Waals surface area contributed by atoms with Crippen LogP contribution in [0.2, 0.25) is 0 Å². The molecule has 0 aliphatic carbocycles. The van der Waals surface area contributed by atoms with Crippen LogP contribution in [0.5, 0.6) is 5.75 Å². The number of nitrogens with zero attached hydrogens (tertiary/aromatic N) is 3. The molecule has 0 fully saturated rings. The van der Waals surface area contributed by atoms with E-state index in [9.17, 15) is 10.1 Å². The monoisotopic (exact) mass is 313 g/mol. The first-order chi connectivity index (χ1) is 10.7. The van der Waals surface area contributed by atoms with Crippen molar-refractivity contribution in [2.45, 2.75) is 0 Å². The molecule has 0 unspecified atom stereocenters. The Morgan fingerprint density at radius 3 is 2.50 bits per heavy atom. The summed E-state index contributed by atoms with van der Waals surface area (Å²) in [5.74, 6) is 0.529. The van der Waals surface area contributed by atoms with Crippen LogP contribution >= 0.6 is 11.3 Å². The predicted molar refractivity (Wildman–Crippen MR) is 84.0 cm³/mol. The molecule has 0 radical (unpaired) electrons. The van der Waals surface area contributed by atoms with E-state index < -0.39 is 4.92 Å². The molecule has 110 valence electrons. The van der Waals surface area contributed by atoms with Gasteiger partial charge in [0.25, 0.3) is 5.69 Å². The van der Waals surface area contributed by atoms with Gasteiger partial charge >= 0.3 is 0 Å². The van der Waals surface area contributed by atoms with Crippen LogP contribution in [0.4, 0.5) is 5.69 Å². The van der Waals surface area contributed by atoms with Crippen molar-refractivity contribution in [1.82, 2.24) is 10.2 Å². The van der Waals surface area contributed by atoms with Gasteiger partial charge in [0.2, 0.25) is 0 Å². The highest BCUT2D eigenvalue weighted by molar-refractivity contribution is 7.18. The van der Waals surface area contributed by atoms with Crippen molar-refractivity contribution in [3.05, 3.63) is 58.6 Å². The smallest absolute Gasteiger partial charge is 0.270 e. The van der Waals surface area contributed by atoms with Gasteiger partial charge in [0.15, 0.2) is 5.01 Å². The molecule has 0 aliphatic rings. The highest BCUT2D eigenvalue weighted by Gasteiger charge is 2.17. The van der Waals surface area contributed by atoms with Gasteiger partial charge in [-0.1, -0.05) is 41.7 Å². The molecule has 0 atom stereocenters. The van der Waals surface area contributed by atoms with E-state index in [4.69, 9.17) is 4.74 Å². The summed E-state index contributed by atoms with van der Waals surface area (Å²) in [6.45, 7) is 0. The van der Waals surface area contributed by atoms with E-state index in [0.717, 1.165) is 10.6 Å². The second-order valence-electron chi connectivity index (χ2n) is 4.42. The number of non-ortho nitro benzene ring substituents is 1. The van der Waals surface area contributed by atoms with Gasteiger partial charge in [-0.25, -0.2) is 0 Å². The Balaban J connectivity index is 2.06. The highest BCUT2D eigenvalue weighted by Crippen LogP contribution is 2.37. The molecule has 7 heteroatoms. The molecule has 0 amide bonds. The van der Waals surface area contributed by atoms with Gasteiger partial charge in [0, 0.05) is 17.7 Å². The molecule has 22 heavy (non-hydrogen) atoms. The van der Waals surface area contributed by atoms with Crippen LogP contribution in [0.1, 0.15) is 0 Å². The SMILES string of the molecule is COc1ccc([N+](=O)[O-])cc1-c1nnc(-c2ccccc2)s1. The molecule has 1 heterocycles. The van der Waals surface area contributed by atoms with Gasteiger partial charge in [-0.2, -0.15) is 0 Å². The average molecular weight is 313 g/mol. The zero-order valence-electron chi connectivity index (χ0n) is 11.6. The summed E-state index contributed by atoms with van der Waals surface area (Å²) < 4.78 is 5.27. The minimum absolute atomic E-state index is 0.00717. The highest BCUT2D eigenvalue weighted by atomic mass is 32.1. The summed E-state index contributed by atoms with van der Waals surface area (Å²) in [4.78, 5) is 10.5. The van der Waals surface area contributed by atoms with Crippen LogP contribution < -0.4 is 4.74 Å². The van der Waals surface area contributed by atoms with Gasteiger partial charge in [0.1, 0.15) is 10.8 Å².